The highest BCUT2D eigenvalue weighted by Crippen LogP contribution is 2.21. The molecule has 0 saturated carbocycles. The summed E-state index contributed by atoms with van der Waals surface area (Å²) in [6.45, 7) is 3.96. The summed E-state index contributed by atoms with van der Waals surface area (Å²) in [6.07, 6.45) is 3.55. The number of fused-ring (bicyclic) bond motifs is 1. The molecule has 0 amide bonds. The summed E-state index contributed by atoms with van der Waals surface area (Å²) in [4.78, 5) is 0. The predicted molar refractivity (Wildman–Crippen MR) is 48.9 cm³/mol. The van der Waals surface area contributed by atoms with Crippen LogP contribution in [0.1, 0.15) is 13.8 Å². The van der Waals surface area contributed by atoms with E-state index in [0.29, 0.717) is 5.17 Å². The van der Waals surface area contributed by atoms with E-state index in [0.717, 1.165) is 5.84 Å². The molecule has 2 aliphatic rings. The summed E-state index contributed by atoms with van der Waals surface area (Å²) in [6, 6.07) is 0. The van der Waals surface area contributed by atoms with Crippen molar-refractivity contribution in [1.29, 1.82) is 0 Å². The highest BCUT2D eigenvalue weighted by atomic mass is 35.5. The van der Waals surface area contributed by atoms with Gasteiger partial charge in [-0.15, -0.1) is 0 Å². The predicted octanol–water partition coefficient (Wildman–Crippen LogP) is 1.06. The van der Waals surface area contributed by atoms with Crippen LogP contribution in [0.4, 0.5) is 0 Å². The summed E-state index contributed by atoms with van der Waals surface area (Å²) >= 11 is 5.75. The van der Waals surface area contributed by atoms with Crippen molar-refractivity contribution in [3.8, 4) is 0 Å². The molecule has 0 bridgehead atoms. The monoisotopic (exact) mass is 184 g/mol. The van der Waals surface area contributed by atoms with E-state index in [9.17, 15) is 0 Å². The maximum Gasteiger partial charge on any atom is 0.171 e. The fraction of sp³-hybridized carbons (Fsp3) is 0.429. The standard InChI is InChI=1S/C7H9ClN4/c1-7(2)11-9-6-4-3-5(8)10-12(6)7/h3-4,11H,1-2H3. The van der Waals surface area contributed by atoms with Gasteiger partial charge in [-0.1, -0.05) is 11.6 Å². The summed E-state index contributed by atoms with van der Waals surface area (Å²) in [5.74, 6) is 0.796. The Hall–Kier alpha value is -1.03. The van der Waals surface area contributed by atoms with Crippen LogP contribution in [0.3, 0.4) is 0 Å². The minimum Gasteiger partial charge on any atom is -0.282 e. The second-order valence-electron chi connectivity index (χ2n) is 3.21. The van der Waals surface area contributed by atoms with Crippen LogP contribution >= 0.6 is 11.6 Å². The van der Waals surface area contributed by atoms with Crippen molar-refractivity contribution < 1.29 is 0 Å². The van der Waals surface area contributed by atoms with E-state index in [1.807, 2.05) is 19.9 Å². The fourth-order valence-corrected chi connectivity index (χ4v) is 1.27. The average Bonchev–Trinajstić information content (AvgIpc) is 2.28. The van der Waals surface area contributed by atoms with Gasteiger partial charge in [0.15, 0.2) is 5.84 Å². The van der Waals surface area contributed by atoms with Gasteiger partial charge in [0.05, 0.1) is 0 Å². The molecule has 64 valence electrons. The normalized spacial score (nSPS) is 24.4. The highest BCUT2D eigenvalue weighted by Gasteiger charge is 2.35. The van der Waals surface area contributed by atoms with Crippen LogP contribution in [0, 0.1) is 0 Å². The molecule has 1 N–H and O–H groups in total. The molecule has 2 heterocycles. The van der Waals surface area contributed by atoms with Crippen LogP contribution in [-0.2, 0) is 0 Å². The molecule has 5 heteroatoms. The van der Waals surface area contributed by atoms with E-state index >= 15 is 0 Å². The van der Waals surface area contributed by atoms with Crippen LogP contribution in [-0.4, -0.2) is 21.7 Å². The van der Waals surface area contributed by atoms with Crippen molar-refractivity contribution in [2.45, 2.75) is 19.5 Å². The molecule has 12 heavy (non-hydrogen) atoms. The summed E-state index contributed by atoms with van der Waals surface area (Å²) in [5.41, 5.74) is 2.68. The molecule has 0 unspecified atom stereocenters. The van der Waals surface area contributed by atoms with Crippen molar-refractivity contribution in [2.24, 2.45) is 10.2 Å². The zero-order valence-corrected chi connectivity index (χ0v) is 7.63. The Morgan fingerprint density at radius 2 is 2.25 bits per heavy atom. The molecule has 0 fully saturated rings. The molecular weight excluding hydrogens is 176 g/mol. The molecule has 2 rings (SSSR count). The molecule has 2 aliphatic heterocycles. The number of halogens is 1. The lowest BCUT2D eigenvalue weighted by Gasteiger charge is -2.29. The lowest BCUT2D eigenvalue weighted by atomic mass is 10.2. The second-order valence-corrected chi connectivity index (χ2v) is 3.60. The molecule has 0 radical (unpaired) electrons. The Morgan fingerprint density at radius 1 is 1.50 bits per heavy atom. The maximum atomic E-state index is 5.75. The lowest BCUT2D eigenvalue weighted by Crippen LogP contribution is -2.46. The largest absolute Gasteiger partial charge is 0.282 e. The van der Waals surface area contributed by atoms with Gasteiger partial charge in [0, 0.05) is 0 Å². The SMILES string of the molecule is CC1(C)NN=C2C=CC(Cl)=NN21. The first-order valence-corrected chi connectivity index (χ1v) is 4.05. The van der Waals surface area contributed by atoms with E-state index < -0.39 is 0 Å². The molecule has 0 atom stereocenters. The minimum absolute atomic E-state index is 0.278. The zero-order valence-electron chi connectivity index (χ0n) is 6.87. The van der Waals surface area contributed by atoms with Crippen molar-refractivity contribution in [3.63, 3.8) is 0 Å². The quantitative estimate of drug-likeness (QED) is 0.612. The molecule has 0 saturated heterocycles. The van der Waals surface area contributed by atoms with Crippen molar-refractivity contribution in [1.82, 2.24) is 10.4 Å². The number of hydrazone groups is 2. The first-order valence-electron chi connectivity index (χ1n) is 3.67. The van der Waals surface area contributed by atoms with Gasteiger partial charge in [-0.2, -0.15) is 10.2 Å². The van der Waals surface area contributed by atoms with Gasteiger partial charge in [0.1, 0.15) is 10.8 Å². The Morgan fingerprint density at radius 3 is 3.00 bits per heavy atom. The van der Waals surface area contributed by atoms with E-state index in [1.54, 1.807) is 11.1 Å². The Labute approximate surface area is 75.6 Å². The van der Waals surface area contributed by atoms with Gasteiger partial charge in [0.25, 0.3) is 0 Å². The van der Waals surface area contributed by atoms with E-state index in [2.05, 4.69) is 15.6 Å². The van der Waals surface area contributed by atoms with Crippen LogP contribution < -0.4 is 5.43 Å². The molecule has 0 aliphatic carbocycles. The van der Waals surface area contributed by atoms with Crippen LogP contribution in [0.5, 0.6) is 0 Å². The van der Waals surface area contributed by atoms with Crippen LogP contribution in [0.2, 0.25) is 0 Å². The molecule has 4 nitrogen and oxygen atoms in total. The van der Waals surface area contributed by atoms with Gasteiger partial charge >= 0.3 is 0 Å². The Balaban J connectivity index is 2.37. The Bertz CT molecular complexity index is 303. The van der Waals surface area contributed by atoms with Gasteiger partial charge < -0.3 is 0 Å². The molecule has 0 aromatic heterocycles. The van der Waals surface area contributed by atoms with Gasteiger partial charge in [-0.05, 0) is 26.0 Å². The van der Waals surface area contributed by atoms with Crippen molar-refractivity contribution in [3.05, 3.63) is 12.2 Å². The van der Waals surface area contributed by atoms with E-state index in [1.165, 1.54) is 0 Å². The smallest absolute Gasteiger partial charge is 0.171 e. The third kappa shape index (κ3) is 0.992. The third-order valence-electron chi connectivity index (χ3n) is 1.76. The minimum atomic E-state index is -0.278. The summed E-state index contributed by atoms with van der Waals surface area (Å²) in [5, 5.41) is 10.5. The van der Waals surface area contributed by atoms with Crippen molar-refractivity contribution in [2.75, 3.05) is 0 Å². The number of nitrogens with one attached hydrogen (secondary N) is 1. The molecular formula is C7H9ClN4. The Kier molecular flexibility index (Phi) is 1.41. The summed E-state index contributed by atoms with van der Waals surface area (Å²) < 4.78 is 0. The second kappa shape index (κ2) is 2.23. The van der Waals surface area contributed by atoms with Gasteiger partial charge in [-0.25, -0.2) is 5.01 Å². The number of allylic oxidation sites excluding steroid dienone is 1. The number of nitrogens with zero attached hydrogens (tertiary/aromatic N) is 3. The molecule has 0 aromatic carbocycles. The number of rotatable bonds is 0. The van der Waals surface area contributed by atoms with Crippen LogP contribution in [0.15, 0.2) is 22.4 Å². The average molecular weight is 185 g/mol. The third-order valence-corrected chi connectivity index (χ3v) is 1.96. The summed E-state index contributed by atoms with van der Waals surface area (Å²) in [7, 11) is 0. The van der Waals surface area contributed by atoms with Crippen molar-refractivity contribution >= 4 is 22.6 Å². The van der Waals surface area contributed by atoms with E-state index in [4.69, 9.17) is 11.6 Å². The molecule has 0 aromatic rings. The van der Waals surface area contributed by atoms with Gasteiger partial charge in [0.2, 0.25) is 0 Å². The van der Waals surface area contributed by atoms with Crippen LogP contribution in [0.25, 0.3) is 0 Å². The first kappa shape index (κ1) is 7.61. The van der Waals surface area contributed by atoms with E-state index in [-0.39, 0.29) is 5.66 Å². The fourth-order valence-electron chi connectivity index (χ4n) is 1.13. The zero-order chi connectivity index (χ0) is 8.77. The topological polar surface area (TPSA) is 40.0 Å². The first-order chi connectivity index (χ1) is 5.59. The lowest BCUT2D eigenvalue weighted by molar-refractivity contribution is 0.208. The number of hydrogen-bond acceptors (Lipinski definition) is 4. The number of hydrogen-bond donors (Lipinski definition) is 1. The highest BCUT2D eigenvalue weighted by molar-refractivity contribution is 6.68. The molecule has 0 spiro atoms. The van der Waals surface area contributed by atoms with Gasteiger partial charge in [-0.3, -0.25) is 5.43 Å². The number of amidine groups is 1. The maximum absolute atomic E-state index is 5.75.